The molecule has 2 aromatic rings. The van der Waals surface area contributed by atoms with Crippen molar-refractivity contribution in [1.29, 1.82) is 0 Å². The molecule has 23 heavy (non-hydrogen) atoms. The minimum Gasteiger partial charge on any atom is -0.347 e. The van der Waals surface area contributed by atoms with E-state index in [4.69, 9.17) is 0 Å². The van der Waals surface area contributed by atoms with Crippen LogP contribution < -0.4 is 10.5 Å². The van der Waals surface area contributed by atoms with Gasteiger partial charge in [-0.25, -0.2) is 9.67 Å². The van der Waals surface area contributed by atoms with Crippen LogP contribution in [0.4, 0.5) is 5.13 Å². The smallest absolute Gasteiger partial charge is 0.267 e. The van der Waals surface area contributed by atoms with Gasteiger partial charge < -0.3 is 4.90 Å². The molecule has 2 aromatic heterocycles. The van der Waals surface area contributed by atoms with Crippen LogP contribution in [-0.2, 0) is 18.7 Å². The minimum absolute atomic E-state index is 0.0469. The maximum Gasteiger partial charge on any atom is 0.267 e. The number of anilines is 1. The van der Waals surface area contributed by atoms with Gasteiger partial charge in [0.2, 0.25) is 0 Å². The van der Waals surface area contributed by atoms with Gasteiger partial charge in [0.05, 0.1) is 17.9 Å². The van der Waals surface area contributed by atoms with Crippen molar-refractivity contribution >= 4 is 28.2 Å². The predicted molar refractivity (Wildman–Crippen MR) is 95.7 cm³/mol. The standard InChI is InChI=1S/C16H20N4OS2/c1-10-11(2)23-16(17-10)19-6-12(7-19)8-20-15(21)5-13-9-22-4-3-14(13)18-20/h5,12H,3-4,6-9H2,1-2H3. The van der Waals surface area contributed by atoms with Gasteiger partial charge in [-0.15, -0.1) is 11.3 Å². The van der Waals surface area contributed by atoms with Crippen LogP contribution in [-0.4, -0.2) is 33.6 Å². The van der Waals surface area contributed by atoms with E-state index in [9.17, 15) is 4.79 Å². The Hall–Kier alpha value is -1.34. The molecule has 5 nitrogen and oxygen atoms in total. The van der Waals surface area contributed by atoms with E-state index in [-0.39, 0.29) is 5.56 Å². The number of hydrogen-bond donors (Lipinski definition) is 0. The first-order chi connectivity index (χ1) is 11.1. The van der Waals surface area contributed by atoms with Crippen molar-refractivity contribution in [3.63, 3.8) is 0 Å². The van der Waals surface area contributed by atoms with Crippen LogP contribution in [0.1, 0.15) is 21.8 Å². The third-order valence-corrected chi connectivity index (χ3v) is 6.72. The number of fused-ring (bicyclic) bond motifs is 1. The maximum absolute atomic E-state index is 12.2. The molecule has 0 saturated carbocycles. The molecule has 2 aliphatic heterocycles. The fraction of sp³-hybridized carbons (Fsp3) is 0.562. The van der Waals surface area contributed by atoms with E-state index in [0.717, 1.165) is 59.6 Å². The summed E-state index contributed by atoms with van der Waals surface area (Å²) in [6.07, 6.45) is 0.981. The fourth-order valence-electron chi connectivity index (χ4n) is 3.06. The van der Waals surface area contributed by atoms with E-state index in [2.05, 4.69) is 28.8 Å². The molecule has 0 spiro atoms. The summed E-state index contributed by atoms with van der Waals surface area (Å²) in [5.41, 5.74) is 3.42. The number of aryl methyl sites for hydroxylation is 3. The zero-order valence-corrected chi connectivity index (χ0v) is 15.0. The van der Waals surface area contributed by atoms with Gasteiger partial charge in [-0.05, 0) is 25.2 Å². The molecular formula is C16H20N4OS2. The van der Waals surface area contributed by atoms with Crippen LogP contribution in [0.2, 0.25) is 0 Å². The van der Waals surface area contributed by atoms with Crippen molar-refractivity contribution in [2.75, 3.05) is 23.7 Å². The molecule has 0 atom stereocenters. The molecule has 4 rings (SSSR count). The number of nitrogens with zero attached hydrogens (tertiary/aromatic N) is 4. The van der Waals surface area contributed by atoms with E-state index >= 15 is 0 Å². The summed E-state index contributed by atoms with van der Waals surface area (Å²) in [6, 6.07) is 1.79. The van der Waals surface area contributed by atoms with Crippen molar-refractivity contribution in [3.05, 3.63) is 38.2 Å². The summed E-state index contributed by atoms with van der Waals surface area (Å²) < 4.78 is 1.68. The molecule has 2 aliphatic rings. The van der Waals surface area contributed by atoms with Crippen LogP contribution in [0, 0.1) is 19.8 Å². The van der Waals surface area contributed by atoms with Crippen molar-refractivity contribution in [3.8, 4) is 0 Å². The monoisotopic (exact) mass is 348 g/mol. The zero-order valence-electron chi connectivity index (χ0n) is 13.4. The first-order valence-corrected chi connectivity index (χ1v) is 9.94. The van der Waals surface area contributed by atoms with Crippen LogP contribution in [0.15, 0.2) is 10.9 Å². The Morgan fingerprint density at radius 2 is 2.17 bits per heavy atom. The van der Waals surface area contributed by atoms with Crippen LogP contribution in [0.3, 0.4) is 0 Å². The first-order valence-electron chi connectivity index (χ1n) is 7.97. The largest absolute Gasteiger partial charge is 0.347 e. The fourth-order valence-corrected chi connectivity index (χ4v) is 4.94. The first kappa shape index (κ1) is 15.2. The van der Waals surface area contributed by atoms with Crippen molar-refractivity contribution < 1.29 is 0 Å². The number of hydrogen-bond acceptors (Lipinski definition) is 6. The Bertz CT molecular complexity index is 772. The number of thiazole rings is 1. The topological polar surface area (TPSA) is 51.0 Å². The van der Waals surface area contributed by atoms with Gasteiger partial charge in [0, 0.05) is 42.1 Å². The Labute approximate surface area is 143 Å². The number of thioether (sulfide) groups is 1. The number of rotatable bonds is 3. The number of aromatic nitrogens is 3. The lowest BCUT2D eigenvalue weighted by molar-refractivity contribution is 0.332. The highest BCUT2D eigenvalue weighted by Gasteiger charge is 2.30. The zero-order chi connectivity index (χ0) is 16.0. The molecule has 0 radical (unpaired) electrons. The molecule has 0 N–H and O–H groups in total. The Kier molecular flexibility index (Phi) is 3.93. The third-order valence-electron chi connectivity index (χ3n) is 4.58. The quantitative estimate of drug-likeness (QED) is 0.851. The summed E-state index contributed by atoms with van der Waals surface area (Å²) in [7, 11) is 0. The lowest BCUT2D eigenvalue weighted by Crippen LogP contribution is -2.49. The average Bonchev–Trinajstić information content (AvgIpc) is 2.81. The van der Waals surface area contributed by atoms with Crippen molar-refractivity contribution in [2.45, 2.75) is 32.6 Å². The summed E-state index contributed by atoms with van der Waals surface area (Å²) in [4.78, 5) is 20.4. The van der Waals surface area contributed by atoms with Gasteiger partial charge in [-0.3, -0.25) is 4.79 Å². The van der Waals surface area contributed by atoms with Gasteiger partial charge in [0.25, 0.3) is 5.56 Å². The summed E-state index contributed by atoms with van der Waals surface area (Å²) in [5, 5.41) is 5.72. The lowest BCUT2D eigenvalue weighted by atomic mass is 10.0. The molecule has 4 heterocycles. The SMILES string of the molecule is Cc1nc(N2CC(Cn3nc4c(cc3=O)CSCC4)C2)sc1C. The summed E-state index contributed by atoms with van der Waals surface area (Å²) >= 11 is 3.64. The second kappa shape index (κ2) is 5.94. The van der Waals surface area contributed by atoms with Crippen LogP contribution in [0.5, 0.6) is 0 Å². The Balaban J connectivity index is 1.43. The van der Waals surface area contributed by atoms with Gasteiger partial charge in [-0.2, -0.15) is 16.9 Å². The van der Waals surface area contributed by atoms with E-state index in [1.807, 2.05) is 11.8 Å². The van der Waals surface area contributed by atoms with Gasteiger partial charge >= 0.3 is 0 Å². The summed E-state index contributed by atoms with van der Waals surface area (Å²) in [5.74, 6) is 2.53. The highest BCUT2D eigenvalue weighted by Crippen LogP contribution is 2.31. The van der Waals surface area contributed by atoms with Crippen molar-refractivity contribution in [1.82, 2.24) is 14.8 Å². The predicted octanol–water partition coefficient (Wildman–Crippen LogP) is 2.24. The molecule has 0 unspecified atom stereocenters. The molecule has 0 aromatic carbocycles. The molecule has 0 amide bonds. The Morgan fingerprint density at radius 3 is 2.91 bits per heavy atom. The molecule has 122 valence electrons. The average molecular weight is 348 g/mol. The van der Waals surface area contributed by atoms with E-state index in [0.29, 0.717) is 5.92 Å². The molecule has 0 bridgehead atoms. The lowest BCUT2D eigenvalue weighted by Gasteiger charge is -2.39. The molecule has 1 fully saturated rings. The molecule has 1 saturated heterocycles. The second-order valence-corrected chi connectivity index (χ2v) is 8.64. The summed E-state index contributed by atoms with van der Waals surface area (Å²) in [6.45, 7) is 6.82. The van der Waals surface area contributed by atoms with Gasteiger partial charge in [-0.1, -0.05) is 0 Å². The van der Waals surface area contributed by atoms with Crippen LogP contribution >= 0.6 is 23.1 Å². The highest BCUT2D eigenvalue weighted by atomic mass is 32.2. The highest BCUT2D eigenvalue weighted by molar-refractivity contribution is 7.98. The van der Waals surface area contributed by atoms with E-state index < -0.39 is 0 Å². The van der Waals surface area contributed by atoms with E-state index in [1.54, 1.807) is 22.1 Å². The molecular weight excluding hydrogens is 328 g/mol. The second-order valence-electron chi connectivity index (χ2n) is 6.35. The molecule has 0 aliphatic carbocycles. The third kappa shape index (κ3) is 2.92. The minimum atomic E-state index is 0.0469. The normalized spacial score (nSPS) is 17.9. The molecule has 7 heteroatoms. The van der Waals surface area contributed by atoms with Crippen molar-refractivity contribution in [2.24, 2.45) is 5.92 Å². The maximum atomic E-state index is 12.2. The van der Waals surface area contributed by atoms with Gasteiger partial charge in [0.1, 0.15) is 0 Å². The van der Waals surface area contributed by atoms with E-state index in [1.165, 1.54) is 4.88 Å². The Morgan fingerprint density at radius 1 is 1.35 bits per heavy atom. The van der Waals surface area contributed by atoms with Gasteiger partial charge in [0.15, 0.2) is 5.13 Å². The van der Waals surface area contributed by atoms with Crippen LogP contribution in [0.25, 0.3) is 0 Å².